The highest BCUT2D eigenvalue weighted by molar-refractivity contribution is 7.79. The Bertz CT molecular complexity index is 361. The Kier molecular flexibility index (Phi) is 3.66. The van der Waals surface area contributed by atoms with E-state index in [2.05, 4.69) is 0 Å². The van der Waals surface area contributed by atoms with Gasteiger partial charge in [-0.05, 0) is 31.4 Å². The van der Waals surface area contributed by atoms with Gasteiger partial charge in [0.25, 0.3) is 0 Å². The predicted molar refractivity (Wildman–Crippen MR) is 56.9 cm³/mol. The molecule has 0 saturated carbocycles. The lowest BCUT2D eigenvalue weighted by atomic mass is 10.0. The maximum absolute atomic E-state index is 10.5. The highest BCUT2D eigenvalue weighted by Crippen LogP contribution is 2.24. The molecule has 0 spiro atoms. The van der Waals surface area contributed by atoms with Gasteiger partial charge in [0, 0.05) is 0 Å². The van der Waals surface area contributed by atoms with Gasteiger partial charge in [0.2, 0.25) is 0 Å². The molecular formula is C10H14O3S. The summed E-state index contributed by atoms with van der Waals surface area (Å²) in [5, 5.41) is 9.65. The first-order valence-corrected chi connectivity index (χ1v) is 5.65. The Morgan fingerprint density at radius 1 is 1.36 bits per heavy atom. The third kappa shape index (κ3) is 2.82. The number of phenolic OH excluding ortho intramolecular Hbond substituents is 1. The second-order valence-corrected chi connectivity index (χ2v) is 4.42. The van der Waals surface area contributed by atoms with E-state index in [1.807, 2.05) is 26.0 Å². The van der Waals surface area contributed by atoms with Gasteiger partial charge in [-0.1, -0.05) is 17.7 Å². The molecule has 0 bridgehead atoms. The van der Waals surface area contributed by atoms with Crippen LogP contribution in [0.2, 0.25) is 0 Å². The van der Waals surface area contributed by atoms with E-state index in [0.29, 0.717) is 6.42 Å². The lowest BCUT2D eigenvalue weighted by Gasteiger charge is -2.07. The molecule has 4 heteroatoms. The Balaban J connectivity index is 2.90. The fourth-order valence-corrected chi connectivity index (χ4v) is 1.83. The monoisotopic (exact) mass is 214 g/mol. The summed E-state index contributed by atoms with van der Waals surface area (Å²) in [4.78, 5) is 0. The van der Waals surface area contributed by atoms with E-state index in [-0.39, 0.29) is 11.5 Å². The van der Waals surface area contributed by atoms with Crippen LogP contribution in [0.15, 0.2) is 12.1 Å². The van der Waals surface area contributed by atoms with Gasteiger partial charge in [0.1, 0.15) is 5.75 Å². The molecule has 1 aromatic carbocycles. The van der Waals surface area contributed by atoms with Crippen LogP contribution in [-0.4, -0.2) is 19.6 Å². The van der Waals surface area contributed by atoms with Crippen molar-refractivity contribution in [3.63, 3.8) is 0 Å². The SMILES string of the molecule is Cc1cc(C)c(O)c(CCS(=O)O)c1. The van der Waals surface area contributed by atoms with Gasteiger partial charge in [-0.3, -0.25) is 0 Å². The predicted octanol–water partition coefficient (Wildman–Crippen LogP) is 1.77. The molecule has 0 amide bonds. The molecule has 0 aliphatic carbocycles. The average Bonchev–Trinajstić information content (AvgIpc) is 2.08. The van der Waals surface area contributed by atoms with Crippen LogP contribution in [0, 0.1) is 13.8 Å². The standard InChI is InChI=1S/C10H14O3S/c1-7-5-8(2)10(11)9(6-7)3-4-14(12)13/h5-6,11H,3-4H2,1-2H3,(H,12,13). The average molecular weight is 214 g/mol. The van der Waals surface area contributed by atoms with Crippen LogP contribution >= 0.6 is 0 Å². The summed E-state index contributed by atoms with van der Waals surface area (Å²) in [6, 6.07) is 3.73. The highest BCUT2D eigenvalue weighted by atomic mass is 32.2. The number of hydrogen-bond donors (Lipinski definition) is 2. The molecule has 0 saturated heterocycles. The summed E-state index contributed by atoms with van der Waals surface area (Å²) in [6.45, 7) is 3.76. The zero-order valence-corrected chi connectivity index (χ0v) is 9.10. The maximum atomic E-state index is 10.5. The summed E-state index contributed by atoms with van der Waals surface area (Å²) in [5.41, 5.74) is 2.60. The van der Waals surface area contributed by atoms with Crippen molar-refractivity contribution in [1.82, 2.24) is 0 Å². The van der Waals surface area contributed by atoms with Gasteiger partial charge in [-0.25, -0.2) is 4.21 Å². The van der Waals surface area contributed by atoms with E-state index in [9.17, 15) is 9.32 Å². The maximum Gasteiger partial charge on any atom is 0.153 e. The van der Waals surface area contributed by atoms with Crippen LogP contribution in [0.25, 0.3) is 0 Å². The fraction of sp³-hybridized carbons (Fsp3) is 0.400. The summed E-state index contributed by atoms with van der Waals surface area (Å²) in [6.07, 6.45) is 0.428. The Labute approximate surface area is 86.1 Å². The van der Waals surface area contributed by atoms with Gasteiger partial charge in [-0.15, -0.1) is 0 Å². The number of aryl methyl sites for hydroxylation is 3. The molecule has 1 unspecified atom stereocenters. The van der Waals surface area contributed by atoms with Gasteiger partial charge in [0.15, 0.2) is 11.1 Å². The molecular weight excluding hydrogens is 200 g/mol. The minimum atomic E-state index is -1.80. The molecule has 0 aliphatic rings. The summed E-state index contributed by atoms with van der Waals surface area (Å²) >= 11 is -1.80. The highest BCUT2D eigenvalue weighted by Gasteiger charge is 2.06. The van der Waals surface area contributed by atoms with Crippen molar-refractivity contribution < 1.29 is 13.9 Å². The molecule has 1 atom stereocenters. The van der Waals surface area contributed by atoms with Crippen molar-refractivity contribution in [2.45, 2.75) is 20.3 Å². The second-order valence-electron chi connectivity index (χ2n) is 3.37. The van der Waals surface area contributed by atoms with Gasteiger partial charge >= 0.3 is 0 Å². The van der Waals surface area contributed by atoms with E-state index in [1.165, 1.54) is 0 Å². The van der Waals surface area contributed by atoms with Gasteiger partial charge in [0.05, 0.1) is 5.75 Å². The second kappa shape index (κ2) is 4.57. The van der Waals surface area contributed by atoms with Crippen molar-refractivity contribution in [3.8, 4) is 5.75 Å². The molecule has 0 aliphatic heterocycles. The van der Waals surface area contributed by atoms with E-state index < -0.39 is 11.1 Å². The number of aromatic hydroxyl groups is 1. The van der Waals surface area contributed by atoms with Crippen molar-refractivity contribution in [2.75, 3.05) is 5.75 Å². The molecule has 0 heterocycles. The van der Waals surface area contributed by atoms with E-state index >= 15 is 0 Å². The molecule has 1 aromatic rings. The molecule has 2 N–H and O–H groups in total. The fourth-order valence-electron chi connectivity index (χ4n) is 1.44. The van der Waals surface area contributed by atoms with E-state index in [1.54, 1.807) is 0 Å². The first kappa shape index (κ1) is 11.2. The minimum Gasteiger partial charge on any atom is -0.507 e. The zero-order valence-electron chi connectivity index (χ0n) is 8.28. The van der Waals surface area contributed by atoms with E-state index in [0.717, 1.165) is 16.7 Å². The quantitative estimate of drug-likeness (QED) is 0.754. The molecule has 78 valence electrons. The van der Waals surface area contributed by atoms with Crippen LogP contribution in [-0.2, 0) is 17.5 Å². The largest absolute Gasteiger partial charge is 0.507 e. The molecule has 14 heavy (non-hydrogen) atoms. The number of rotatable bonds is 3. The first-order chi connectivity index (χ1) is 6.50. The molecule has 0 radical (unpaired) electrons. The summed E-state index contributed by atoms with van der Waals surface area (Å²) in [7, 11) is 0. The molecule has 1 rings (SSSR count). The Morgan fingerprint density at radius 3 is 2.57 bits per heavy atom. The minimum absolute atomic E-state index is 0.163. The van der Waals surface area contributed by atoms with Crippen LogP contribution in [0.1, 0.15) is 16.7 Å². The van der Waals surface area contributed by atoms with Crippen molar-refractivity contribution in [2.24, 2.45) is 0 Å². The summed E-state index contributed by atoms with van der Waals surface area (Å²) in [5.74, 6) is 0.400. The van der Waals surface area contributed by atoms with Crippen LogP contribution < -0.4 is 0 Å². The van der Waals surface area contributed by atoms with Crippen molar-refractivity contribution >= 4 is 11.1 Å². The molecule has 0 aromatic heterocycles. The van der Waals surface area contributed by atoms with Crippen LogP contribution in [0.4, 0.5) is 0 Å². The van der Waals surface area contributed by atoms with Crippen LogP contribution in [0.5, 0.6) is 5.75 Å². The lowest BCUT2D eigenvalue weighted by molar-refractivity contribution is 0.464. The Morgan fingerprint density at radius 2 is 2.00 bits per heavy atom. The smallest absolute Gasteiger partial charge is 0.153 e. The van der Waals surface area contributed by atoms with Crippen molar-refractivity contribution in [3.05, 3.63) is 28.8 Å². The summed E-state index contributed by atoms with van der Waals surface area (Å²) < 4.78 is 19.1. The van der Waals surface area contributed by atoms with E-state index in [4.69, 9.17) is 4.55 Å². The third-order valence-corrected chi connectivity index (χ3v) is 2.62. The van der Waals surface area contributed by atoms with Crippen LogP contribution in [0.3, 0.4) is 0 Å². The van der Waals surface area contributed by atoms with Gasteiger partial charge in [-0.2, -0.15) is 0 Å². The number of benzene rings is 1. The lowest BCUT2D eigenvalue weighted by Crippen LogP contribution is -2.00. The third-order valence-electron chi connectivity index (χ3n) is 2.07. The molecule has 0 fully saturated rings. The molecule has 3 nitrogen and oxygen atoms in total. The number of hydrogen-bond acceptors (Lipinski definition) is 2. The topological polar surface area (TPSA) is 57.5 Å². The van der Waals surface area contributed by atoms with Gasteiger partial charge < -0.3 is 9.66 Å². The normalized spacial score (nSPS) is 12.8. The zero-order chi connectivity index (χ0) is 10.7. The number of phenols is 1. The van der Waals surface area contributed by atoms with Crippen molar-refractivity contribution in [1.29, 1.82) is 0 Å². The first-order valence-electron chi connectivity index (χ1n) is 4.37. The Hall–Kier alpha value is -0.870.